The van der Waals surface area contributed by atoms with Crippen molar-refractivity contribution in [2.75, 3.05) is 25.0 Å². The molecule has 6 fully saturated rings. The molecule has 1 aromatic heterocycles. The summed E-state index contributed by atoms with van der Waals surface area (Å²) in [6.45, 7) is 7.77. The maximum Gasteiger partial charge on any atom is 0.254 e. The Labute approximate surface area is 329 Å². The van der Waals surface area contributed by atoms with Crippen molar-refractivity contribution in [3.8, 4) is 0 Å². The zero-order chi connectivity index (χ0) is 38.2. The Kier molecular flexibility index (Phi) is 11.4. The van der Waals surface area contributed by atoms with Gasteiger partial charge in [0.25, 0.3) is 5.91 Å². The van der Waals surface area contributed by atoms with Crippen molar-refractivity contribution in [2.24, 2.45) is 23.7 Å². The normalized spacial score (nSPS) is 31.7. The first-order chi connectivity index (χ1) is 26.6. The first kappa shape index (κ1) is 38.5. The van der Waals surface area contributed by atoms with E-state index >= 15 is 0 Å². The van der Waals surface area contributed by atoms with Crippen molar-refractivity contribution in [3.05, 3.63) is 70.9 Å². The largest absolute Gasteiger partial charge is 0.384 e. The monoisotopic (exact) mass is 774 g/mol. The standard InChI is InChI=1S/C43H55ClN4O7/c1-27-10-17-35-28(2)40(52-41-43(35)34(27)18-20-42(3,53-41)54-55-43)51-26-29-11-13-30(14-12-29)39(50)48(25-38(49)47-32-8-5-4-6-9-32)23-7-21-45-36-19-22-46-37-24-31(44)15-16-33(36)37/h11-16,19,22,24,27-28,32,34-35,40-41H,4-10,17-18,20-21,23,25-26H2,1-3H3,(H,45,46)(H,47,49)/t27-,28-,34+,35+,40+,41-,42+,43-/m1/s1. The number of nitrogens with one attached hydrogen (secondary N) is 2. The van der Waals surface area contributed by atoms with Crippen LogP contribution in [0.5, 0.6) is 0 Å². The van der Waals surface area contributed by atoms with E-state index in [2.05, 4.69) is 29.5 Å². The number of hydrogen-bond acceptors (Lipinski definition) is 9. The van der Waals surface area contributed by atoms with E-state index in [4.69, 9.17) is 35.6 Å². The Balaban J connectivity index is 0.906. The van der Waals surface area contributed by atoms with Gasteiger partial charge in [0.2, 0.25) is 11.7 Å². The van der Waals surface area contributed by atoms with Gasteiger partial charge in [0, 0.05) is 65.2 Å². The van der Waals surface area contributed by atoms with Gasteiger partial charge in [0.05, 0.1) is 18.7 Å². The Morgan fingerprint density at radius 2 is 1.80 bits per heavy atom. The van der Waals surface area contributed by atoms with Crippen molar-refractivity contribution in [3.63, 3.8) is 0 Å². The molecule has 2 N–H and O–H groups in total. The Morgan fingerprint density at radius 3 is 2.62 bits per heavy atom. The molecule has 2 aromatic carbocycles. The first-order valence-corrected chi connectivity index (χ1v) is 20.8. The van der Waals surface area contributed by atoms with Crippen LogP contribution in [0.25, 0.3) is 10.9 Å². The van der Waals surface area contributed by atoms with Crippen LogP contribution in [0.3, 0.4) is 0 Å². The fourth-order valence-electron chi connectivity index (χ4n) is 9.88. The van der Waals surface area contributed by atoms with Crippen LogP contribution < -0.4 is 10.6 Å². The van der Waals surface area contributed by atoms with E-state index in [0.29, 0.717) is 48.5 Å². The van der Waals surface area contributed by atoms with Crippen molar-refractivity contribution in [1.82, 2.24) is 15.2 Å². The van der Waals surface area contributed by atoms with E-state index in [-0.39, 0.29) is 36.2 Å². The Morgan fingerprint density at radius 1 is 0.982 bits per heavy atom. The number of nitrogens with zero attached hydrogens (tertiary/aromatic N) is 2. The lowest BCUT2D eigenvalue weighted by Crippen LogP contribution is -2.70. The average molecular weight is 775 g/mol. The number of aromatic nitrogens is 1. The van der Waals surface area contributed by atoms with Crippen LogP contribution in [0.4, 0.5) is 5.69 Å². The molecule has 0 radical (unpaired) electrons. The molecule has 5 heterocycles. The minimum Gasteiger partial charge on any atom is -0.384 e. The number of anilines is 1. The molecule has 2 bridgehead atoms. The minimum atomic E-state index is -0.838. The third kappa shape index (κ3) is 7.98. The van der Waals surface area contributed by atoms with Crippen LogP contribution in [-0.4, -0.2) is 71.3 Å². The number of hydrogen-bond donors (Lipinski definition) is 2. The highest BCUT2D eigenvalue weighted by Gasteiger charge is 2.69. The number of benzene rings is 2. The van der Waals surface area contributed by atoms with Crippen molar-refractivity contribution in [2.45, 2.75) is 122 Å². The van der Waals surface area contributed by atoms with E-state index in [0.717, 1.165) is 73.5 Å². The molecular weight excluding hydrogens is 720 g/mol. The molecule has 55 heavy (non-hydrogen) atoms. The molecule has 8 atom stereocenters. The molecule has 0 unspecified atom stereocenters. The molecule has 4 saturated heterocycles. The predicted molar refractivity (Wildman–Crippen MR) is 209 cm³/mol. The van der Waals surface area contributed by atoms with Crippen LogP contribution in [0.2, 0.25) is 5.02 Å². The van der Waals surface area contributed by atoms with Gasteiger partial charge < -0.3 is 29.7 Å². The average Bonchev–Trinajstić information content (AvgIpc) is 3.42. The van der Waals surface area contributed by atoms with Gasteiger partial charge in [-0.3, -0.25) is 14.6 Å². The summed E-state index contributed by atoms with van der Waals surface area (Å²) in [5.74, 6) is -0.0927. The summed E-state index contributed by atoms with van der Waals surface area (Å²) >= 11 is 6.18. The molecule has 12 heteroatoms. The molecule has 2 amide bonds. The summed E-state index contributed by atoms with van der Waals surface area (Å²) in [6, 6.07) is 15.2. The van der Waals surface area contributed by atoms with E-state index in [1.54, 1.807) is 11.1 Å². The van der Waals surface area contributed by atoms with Gasteiger partial charge >= 0.3 is 0 Å². The molecule has 296 valence electrons. The van der Waals surface area contributed by atoms with Crippen LogP contribution in [0.1, 0.15) is 101 Å². The second-order valence-electron chi connectivity index (χ2n) is 16.7. The number of halogens is 1. The van der Waals surface area contributed by atoms with Gasteiger partial charge in [-0.25, -0.2) is 9.78 Å². The lowest BCUT2D eigenvalue weighted by molar-refractivity contribution is -0.577. The number of carbonyl (C=O) groups excluding carboxylic acids is 2. The molecule has 6 aliphatic rings. The van der Waals surface area contributed by atoms with Crippen molar-refractivity contribution in [1.29, 1.82) is 0 Å². The zero-order valence-corrected chi connectivity index (χ0v) is 33.0. The lowest BCUT2D eigenvalue weighted by Gasteiger charge is -2.60. The molecule has 11 nitrogen and oxygen atoms in total. The van der Waals surface area contributed by atoms with Crippen LogP contribution in [0, 0.1) is 23.7 Å². The summed E-state index contributed by atoms with van der Waals surface area (Å²) < 4.78 is 19.6. The van der Waals surface area contributed by atoms with Crippen LogP contribution >= 0.6 is 11.6 Å². The number of fused-ring (bicyclic) bond motifs is 3. The number of amides is 2. The quantitative estimate of drug-likeness (QED) is 0.139. The van der Waals surface area contributed by atoms with Crippen molar-refractivity contribution < 1.29 is 33.6 Å². The minimum absolute atomic E-state index is 0.00706. The zero-order valence-electron chi connectivity index (χ0n) is 32.3. The van der Waals surface area contributed by atoms with E-state index in [9.17, 15) is 9.59 Å². The Hall–Kier alpha value is -3.32. The first-order valence-electron chi connectivity index (χ1n) is 20.4. The third-order valence-corrected chi connectivity index (χ3v) is 13.2. The molecular formula is C43H55ClN4O7. The van der Waals surface area contributed by atoms with Gasteiger partial charge in [-0.05, 0) is 99.2 Å². The third-order valence-electron chi connectivity index (χ3n) is 12.9. The van der Waals surface area contributed by atoms with E-state index < -0.39 is 24.0 Å². The molecule has 9 rings (SSSR count). The van der Waals surface area contributed by atoms with E-state index in [1.165, 1.54) is 6.42 Å². The van der Waals surface area contributed by atoms with Crippen LogP contribution in [-0.2, 0) is 35.4 Å². The highest BCUT2D eigenvalue weighted by molar-refractivity contribution is 6.31. The summed E-state index contributed by atoms with van der Waals surface area (Å²) in [5, 5.41) is 8.29. The highest BCUT2D eigenvalue weighted by Crippen LogP contribution is 2.60. The number of ether oxygens (including phenoxy) is 3. The van der Waals surface area contributed by atoms with Gasteiger partial charge in [-0.15, -0.1) is 0 Å². The highest BCUT2D eigenvalue weighted by atomic mass is 35.5. The topological polar surface area (TPSA) is 120 Å². The lowest BCUT2D eigenvalue weighted by atomic mass is 9.58. The number of pyridine rings is 1. The SMILES string of the molecule is C[C@H]1[C@@H](OCc2ccc(C(=O)N(CCCNc3ccnc4cc(Cl)ccc34)CC(=O)NC3CCCCC3)cc2)O[C@@H]2O[C@]3(C)CC[C@H]4[C@H](C)CC[C@@H]1[C@@]24OO3. The van der Waals surface area contributed by atoms with Gasteiger partial charge in [0.1, 0.15) is 0 Å². The number of carbonyl (C=O) groups is 2. The molecule has 4 aliphatic heterocycles. The summed E-state index contributed by atoms with van der Waals surface area (Å²) in [4.78, 5) is 45.6. The van der Waals surface area contributed by atoms with Gasteiger partial charge in [-0.1, -0.05) is 56.8 Å². The molecule has 3 aromatic rings. The van der Waals surface area contributed by atoms with Gasteiger partial charge in [0.15, 0.2) is 18.2 Å². The number of rotatable bonds is 12. The maximum absolute atomic E-state index is 14.0. The van der Waals surface area contributed by atoms with Crippen LogP contribution in [0.15, 0.2) is 54.7 Å². The smallest absolute Gasteiger partial charge is 0.254 e. The maximum atomic E-state index is 14.0. The van der Waals surface area contributed by atoms with Gasteiger partial charge in [-0.2, -0.15) is 0 Å². The molecule has 2 saturated carbocycles. The summed E-state index contributed by atoms with van der Waals surface area (Å²) in [7, 11) is 0. The fraction of sp³-hybridized carbons (Fsp3) is 0.605. The fourth-order valence-corrected chi connectivity index (χ4v) is 10.0. The molecule has 2 aliphatic carbocycles. The summed E-state index contributed by atoms with van der Waals surface area (Å²) in [5.41, 5.74) is 2.58. The van der Waals surface area contributed by atoms with Crippen molar-refractivity contribution >= 4 is 40.0 Å². The summed E-state index contributed by atoms with van der Waals surface area (Å²) in [6.07, 6.45) is 10.7. The molecule has 1 spiro atoms. The Bertz CT molecular complexity index is 1840. The predicted octanol–water partition coefficient (Wildman–Crippen LogP) is 8.01. The second-order valence-corrected chi connectivity index (χ2v) is 17.1. The second kappa shape index (κ2) is 16.3. The van der Waals surface area contributed by atoms with E-state index in [1.807, 2.05) is 55.5 Å².